The minimum atomic E-state index is -0.631. The molecule has 1 aliphatic rings. The lowest BCUT2D eigenvalue weighted by Crippen LogP contribution is -2.35. The van der Waals surface area contributed by atoms with Crippen molar-refractivity contribution in [3.63, 3.8) is 0 Å². The largest absolute Gasteiger partial charge is 0.504 e. The summed E-state index contributed by atoms with van der Waals surface area (Å²) < 4.78 is 0. The third kappa shape index (κ3) is 2.23. The Bertz CT molecular complexity index is 938. The van der Waals surface area contributed by atoms with Gasteiger partial charge in [-0.3, -0.25) is 4.79 Å². The Balaban J connectivity index is 1.53. The normalized spacial score (nSPS) is 16.2. The molecule has 0 saturated heterocycles. The zero-order valence-electron chi connectivity index (χ0n) is 12.7. The molecule has 6 nitrogen and oxygen atoms in total. The summed E-state index contributed by atoms with van der Waals surface area (Å²) >= 11 is 0. The number of aromatic hydroxyl groups is 3. The number of phenols is 3. The van der Waals surface area contributed by atoms with E-state index in [0.29, 0.717) is 6.42 Å². The molecule has 6 heteroatoms. The zero-order chi connectivity index (χ0) is 16.8. The average Bonchev–Trinajstić information content (AvgIpc) is 3.09. The molecule has 1 atom stereocenters. The van der Waals surface area contributed by atoms with Crippen molar-refractivity contribution in [3.8, 4) is 17.2 Å². The van der Waals surface area contributed by atoms with E-state index in [1.807, 2.05) is 18.2 Å². The van der Waals surface area contributed by atoms with Crippen molar-refractivity contribution < 1.29 is 20.1 Å². The van der Waals surface area contributed by atoms with Crippen LogP contribution in [0, 0.1) is 0 Å². The van der Waals surface area contributed by atoms with Crippen molar-refractivity contribution in [1.82, 2.24) is 10.3 Å². The number of rotatable bonds is 2. The molecule has 0 radical (unpaired) electrons. The zero-order valence-corrected chi connectivity index (χ0v) is 12.7. The number of para-hydroxylation sites is 1. The maximum atomic E-state index is 12.3. The maximum absolute atomic E-state index is 12.3. The van der Waals surface area contributed by atoms with Gasteiger partial charge in [0.2, 0.25) is 0 Å². The number of nitrogens with one attached hydrogen (secondary N) is 2. The number of aromatic amines is 1. The van der Waals surface area contributed by atoms with E-state index in [-0.39, 0.29) is 11.6 Å². The number of hydrogen-bond donors (Lipinski definition) is 5. The Morgan fingerprint density at radius 1 is 1.08 bits per heavy atom. The minimum Gasteiger partial charge on any atom is -0.504 e. The van der Waals surface area contributed by atoms with Crippen LogP contribution < -0.4 is 5.32 Å². The summed E-state index contributed by atoms with van der Waals surface area (Å²) in [6.45, 7) is 0. The predicted molar refractivity (Wildman–Crippen MR) is 88.4 cm³/mol. The summed E-state index contributed by atoms with van der Waals surface area (Å²) in [6.07, 6.45) is 1.42. The summed E-state index contributed by atoms with van der Waals surface area (Å²) in [5, 5.41) is 32.5. The molecule has 0 spiro atoms. The van der Waals surface area contributed by atoms with Gasteiger partial charge in [-0.1, -0.05) is 18.2 Å². The van der Waals surface area contributed by atoms with Crippen molar-refractivity contribution >= 4 is 16.8 Å². The number of carbonyl (C=O) groups is 1. The molecule has 0 fully saturated rings. The van der Waals surface area contributed by atoms with Crippen LogP contribution in [0.3, 0.4) is 0 Å². The average molecular weight is 324 g/mol. The van der Waals surface area contributed by atoms with E-state index in [9.17, 15) is 20.1 Å². The summed E-state index contributed by atoms with van der Waals surface area (Å²) in [5.41, 5.74) is 3.54. The standard InChI is InChI=1S/C18H16N2O4/c21-15-5-9(6-16(22)17(15)23)18(24)19-10-7-12-11-3-1-2-4-13(11)20-14(12)8-10/h1-6,10,20-23H,7-8H2,(H,19,24). The lowest BCUT2D eigenvalue weighted by Gasteiger charge is -2.13. The van der Waals surface area contributed by atoms with Crippen LogP contribution in [0.25, 0.3) is 10.9 Å². The number of phenolic OH excluding ortho intramolecular Hbond substituents is 3. The highest BCUT2D eigenvalue weighted by Gasteiger charge is 2.27. The Morgan fingerprint density at radius 3 is 2.54 bits per heavy atom. The van der Waals surface area contributed by atoms with Gasteiger partial charge < -0.3 is 25.6 Å². The second-order valence-electron chi connectivity index (χ2n) is 6.07. The maximum Gasteiger partial charge on any atom is 0.251 e. The summed E-state index contributed by atoms with van der Waals surface area (Å²) in [6, 6.07) is 10.3. The van der Waals surface area contributed by atoms with E-state index in [4.69, 9.17) is 0 Å². The molecule has 4 rings (SSSR count). The van der Waals surface area contributed by atoms with Crippen LogP contribution in [0.5, 0.6) is 17.2 Å². The first-order valence-corrected chi connectivity index (χ1v) is 7.67. The van der Waals surface area contributed by atoms with Gasteiger partial charge in [-0.15, -0.1) is 0 Å². The monoisotopic (exact) mass is 324 g/mol. The van der Waals surface area contributed by atoms with Crippen LogP contribution >= 0.6 is 0 Å². The van der Waals surface area contributed by atoms with Crippen LogP contribution in [0.1, 0.15) is 21.6 Å². The molecule has 24 heavy (non-hydrogen) atoms. The number of fused-ring (bicyclic) bond motifs is 3. The molecule has 1 aliphatic carbocycles. The van der Waals surface area contributed by atoms with Crippen molar-refractivity contribution in [2.75, 3.05) is 0 Å². The second-order valence-corrected chi connectivity index (χ2v) is 6.07. The molecule has 0 bridgehead atoms. The van der Waals surface area contributed by atoms with E-state index in [0.717, 1.165) is 29.8 Å². The Morgan fingerprint density at radius 2 is 1.79 bits per heavy atom. The highest BCUT2D eigenvalue weighted by Crippen LogP contribution is 2.35. The highest BCUT2D eigenvalue weighted by atomic mass is 16.3. The second kappa shape index (κ2) is 5.19. The summed E-state index contributed by atoms with van der Waals surface area (Å²) in [7, 11) is 0. The van der Waals surface area contributed by atoms with E-state index >= 15 is 0 Å². The van der Waals surface area contributed by atoms with Crippen LogP contribution in [0.2, 0.25) is 0 Å². The van der Waals surface area contributed by atoms with E-state index in [2.05, 4.69) is 16.4 Å². The van der Waals surface area contributed by atoms with E-state index in [1.165, 1.54) is 10.9 Å². The van der Waals surface area contributed by atoms with Gasteiger partial charge in [0.05, 0.1) is 0 Å². The number of carbonyl (C=O) groups excluding carboxylic acids is 1. The molecule has 1 unspecified atom stereocenters. The molecule has 5 N–H and O–H groups in total. The fraction of sp³-hybridized carbons (Fsp3) is 0.167. The number of amides is 1. The van der Waals surface area contributed by atoms with Gasteiger partial charge in [0, 0.05) is 34.6 Å². The van der Waals surface area contributed by atoms with Gasteiger partial charge in [0.1, 0.15) is 0 Å². The molecule has 122 valence electrons. The molecule has 1 amide bonds. The number of benzene rings is 2. The Labute approximate surface area is 137 Å². The SMILES string of the molecule is O=C(NC1Cc2[nH]c3ccccc3c2C1)c1cc(O)c(O)c(O)c1. The Hall–Kier alpha value is -3.15. The fourth-order valence-corrected chi connectivity index (χ4v) is 3.33. The predicted octanol–water partition coefficient (Wildman–Crippen LogP) is 2.18. The molecular formula is C18H16N2O4. The van der Waals surface area contributed by atoms with Gasteiger partial charge in [-0.2, -0.15) is 0 Å². The van der Waals surface area contributed by atoms with Crippen molar-refractivity contribution in [3.05, 3.63) is 53.2 Å². The minimum absolute atomic E-state index is 0.0542. The molecule has 1 aromatic heterocycles. The fourth-order valence-electron chi connectivity index (χ4n) is 3.33. The van der Waals surface area contributed by atoms with E-state index in [1.54, 1.807) is 0 Å². The van der Waals surface area contributed by atoms with Crippen LogP contribution in [-0.4, -0.2) is 32.3 Å². The first-order chi connectivity index (χ1) is 11.5. The highest BCUT2D eigenvalue weighted by molar-refractivity contribution is 5.96. The molecular weight excluding hydrogens is 308 g/mol. The van der Waals surface area contributed by atoms with Crippen LogP contribution in [0.15, 0.2) is 36.4 Å². The van der Waals surface area contributed by atoms with Gasteiger partial charge in [-0.25, -0.2) is 0 Å². The molecule has 1 heterocycles. The lowest BCUT2D eigenvalue weighted by molar-refractivity contribution is 0.0937. The smallest absolute Gasteiger partial charge is 0.251 e. The van der Waals surface area contributed by atoms with Gasteiger partial charge in [-0.05, 0) is 30.2 Å². The molecule has 3 aromatic rings. The Kier molecular flexibility index (Phi) is 3.13. The number of H-pyrrole nitrogens is 1. The number of hydrogen-bond acceptors (Lipinski definition) is 4. The van der Waals surface area contributed by atoms with Gasteiger partial charge >= 0.3 is 0 Å². The number of aromatic nitrogens is 1. The topological polar surface area (TPSA) is 106 Å². The van der Waals surface area contributed by atoms with Crippen molar-refractivity contribution in [1.29, 1.82) is 0 Å². The first-order valence-electron chi connectivity index (χ1n) is 7.67. The quantitative estimate of drug-likeness (QED) is 0.466. The molecule has 0 saturated carbocycles. The third-order valence-corrected chi connectivity index (χ3v) is 4.47. The molecule has 2 aromatic carbocycles. The van der Waals surface area contributed by atoms with Crippen LogP contribution in [0.4, 0.5) is 0 Å². The van der Waals surface area contributed by atoms with Gasteiger partial charge in [0.25, 0.3) is 5.91 Å². The summed E-state index contributed by atoms with van der Waals surface area (Å²) in [5.74, 6) is -2.08. The van der Waals surface area contributed by atoms with Gasteiger partial charge in [0.15, 0.2) is 17.2 Å². The third-order valence-electron chi connectivity index (χ3n) is 4.47. The van der Waals surface area contributed by atoms with Crippen molar-refractivity contribution in [2.24, 2.45) is 0 Å². The first kappa shape index (κ1) is 14.4. The van der Waals surface area contributed by atoms with Crippen LogP contribution in [-0.2, 0) is 12.8 Å². The lowest BCUT2D eigenvalue weighted by atomic mass is 10.1. The van der Waals surface area contributed by atoms with Crippen molar-refractivity contribution in [2.45, 2.75) is 18.9 Å². The molecule has 0 aliphatic heterocycles. The van der Waals surface area contributed by atoms with E-state index < -0.39 is 23.2 Å². The summed E-state index contributed by atoms with van der Waals surface area (Å²) in [4.78, 5) is 15.7.